The van der Waals surface area contributed by atoms with Crippen molar-refractivity contribution in [2.45, 2.75) is 19.3 Å². The fourth-order valence-corrected chi connectivity index (χ4v) is 3.42. The van der Waals surface area contributed by atoms with Crippen molar-refractivity contribution in [2.24, 2.45) is 5.10 Å². The highest BCUT2D eigenvalue weighted by atomic mass is 32.1. The number of amides is 1. The molecule has 0 saturated carbocycles. The number of ether oxygens (including phenoxy) is 1. The van der Waals surface area contributed by atoms with Gasteiger partial charge in [-0.15, -0.1) is 11.3 Å². The van der Waals surface area contributed by atoms with E-state index in [1.807, 2.05) is 23.6 Å². The molecule has 0 unspecified atom stereocenters. The highest BCUT2D eigenvalue weighted by molar-refractivity contribution is 7.13. The molecular formula is C18H22N4O2S. The molecule has 2 aromatic rings. The number of morpholine rings is 1. The molecule has 132 valence electrons. The monoisotopic (exact) mass is 358 g/mol. The highest BCUT2D eigenvalue weighted by Crippen LogP contribution is 2.21. The van der Waals surface area contributed by atoms with Crippen molar-refractivity contribution < 1.29 is 9.53 Å². The molecule has 1 N–H and O–H groups in total. The zero-order valence-electron chi connectivity index (χ0n) is 14.1. The number of hydrogen-bond acceptors (Lipinski definition) is 6. The predicted molar refractivity (Wildman–Crippen MR) is 100 cm³/mol. The number of aromatic nitrogens is 1. The summed E-state index contributed by atoms with van der Waals surface area (Å²) in [6.45, 7) is 3.16. The van der Waals surface area contributed by atoms with Crippen molar-refractivity contribution >= 4 is 28.6 Å². The molecule has 0 aliphatic carbocycles. The fraction of sp³-hybridized carbons (Fsp3) is 0.389. The van der Waals surface area contributed by atoms with Crippen molar-refractivity contribution in [3.05, 3.63) is 47.0 Å². The first-order chi connectivity index (χ1) is 12.3. The summed E-state index contributed by atoms with van der Waals surface area (Å²) in [5.74, 6) is -0.144. The van der Waals surface area contributed by atoms with Gasteiger partial charge in [-0.05, 0) is 18.4 Å². The van der Waals surface area contributed by atoms with Gasteiger partial charge in [0.2, 0.25) is 5.91 Å². The molecule has 1 aromatic carbocycles. The third-order valence-corrected chi connectivity index (χ3v) is 4.80. The van der Waals surface area contributed by atoms with E-state index < -0.39 is 0 Å². The van der Waals surface area contributed by atoms with E-state index in [-0.39, 0.29) is 12.3 Å². The number of aryl methyl sites for hydroxylation is 1. The number of thiazole rings is 1. The van der Waals surface area contributed by atoms with Gasteiger partial charge in [0, 0.05) is 24.7 Å². The van der Waals surface area contributed by atoms with Gasteiger partial charge in [-0.3, -0.25) is 4.79 Å². The molecular weight excluding hydrogens is 336 g/mol. The molecule has 0 radical (unpaired) electrons. The zero-order chi connectivity index (χ0) is 17.3. The number of rotatable bonds is 7. The van der Waals surface area contributed by atoms with Crippen LogP contribution in [0.1, 0.15) is 17.7 Å². The van der Waals surface area contributed by atoms with Gasteiger partial charge >= 0.3 is 0 Å². The van der Waals surface area contributed by atoms with Crippen LogP contribution in [0.3, 0.4) is 0 Å². The summed E-state index contributed by atoms with van der Waals surface area (Å²) in [5.41, 5.74) is 4.61. The molecule has 1 saturated heterocycles. The van der Waals surface area contributed by atoms with Crippen LogP contribution in [-0.2, 0) is 22.4 Å². The van der Waals surface area contributed by atoms with E-state index >= 15 is 0 Å². The van der Waals surface area contributed by atoms with Gasteiger partial charge in [0.15, 0.2) is 5.13 Å². The van der Waals surface area contributed by atoms with Crippen molar-refractivity contribution in [1.82, 2.24) is 10.4 Å². The second-order valence-electron chi connectivity index (χ2n) is 5.77. The lowest BCUT2D eigenvalue weighted by Gasteiger charge is -2.26. The minimum Gasteiger partial charge on any atom is -0.378 e. The summed E-state index contributed by atoms with van der Waals surface area (Å²) in [6.07, 6.45) is 3.69. The summed E-state index contributed by atoms with van der Waals surface area (Å²) in [4.78, 5) is 18.7. The minimum atomic E-state index is -0.144. The maximum atomic E-state index is 11.9. The smallest absolute Gasteiger partial charge is 0.246 e. The van der Waals surface area contributed by atoms with Crippen molar-refractivity contribution in [1.29, 1.82) is 0 Å². The molecule has 0 spiro atoms. The number of carbonyl (C=O) groups excluding carboxylic acids is 1. The number of carbonyl (C=O) groups is 1. The van der Waals surface area contributed by atoms with Crippen LogP contribution < -0.4 is 10.3 Å². The van der Waals surface area contributed by atoms with Gasteiger partial charge in [-0.1, -0.05) is 30.3 Å². The van der Waals surface area contributed by atoms with Crippen LogP contribution in [-0.4, -0.2) is 43.4 Å². The van der Waals surface area contributed by atoms with E-state index in [1.54, 1.807) is 17.6 Å². The summed E-state index contributed by atoms with van der Waals surface area (Å²) >= 11 is 1.57. The minimum absolute atomic E-state index is 0.144. The maximum Gasteiger partial charge on any atom is 0.246 e. The number of hydrazone groups is 1. The Hall–Kier alpha value is -2.25. The maximum absolute atomic E-state index is 11.9. The van der Waals surface area contributed by atoms with Gasteiger partial charge in [0.05, 0.1) is 25.3 Å². The SMILES string of the molecule is O=C(Cc1csc(N2CCOCC2)n1)N/N=C\CCc1ccccc1. The molecule has 1 aromatic heterocycles. The summed E-state index contributed by atoms with van der Waals surface area (Å²) in [5, 5.41) is 6.89. The normalized spacial score (nSPS) is 14.8. The molecule has 6 nitrogen and oxygen atoms in total. The van der Waals surface area contributed by atoms with Gasteiger partial charge in [-0.2, -0.15) is 5.10 Å². The van der Waals surface area contributed by atoms with Crippen molar-refractivity contribution in [3.63, 3.8) is 0 Å². The van der Waals surface area contributed by atoms with Gasteiger partial charge in [-0.25, -0.2) is 10.4 Å². The number of nitrogens with one attached hydrogen (secondary N) is 1. The number of hydrogen-bond donors (Lipinski definition) is 1. The van der Waals surface area contributed by atoms with Crippen LogP contribution >= 0.6 is 11.3 Å². The first-order valence-electron chi connectivity index (χ1n) is 8.42. The number of anilines is 1. The van der Waals surface area contributed by atoms with Crippen molar-refractivity contribution in [2.75, 3.05) is 31.2 Å². The predicted octanol–water partition coefficient (Wildman–Crippen LogP) is 2.26. The largest absolute Gasteiger partial charge is 0.378 e. The van der Waals surface area contributed by atoms with Crippen LogP contribution in [0.25, 0.3) is 0 Å². The Labute approximate surface area is 151 Å². The summed E-state index contributed by atoms with van der Waals surface area (Å²) in [6, 6.07) is 10.2. The van der Waals surface area contributed by atoms with Crippen LogP contribution in [0.15, 0.2) is 40.8 Å². The summed E-state index contributed by atoms with van der Waals surface area (Å²) < 4.78 is 5.34. The topological polar surface area (TPSA) is 66.8 Å². The van der Waals surface area contributed by atoms with Crippen LogP contribution in [0.2, 0.25) is 0 Å². The van der Waals surface area contributed by atoms with Crippen LogP contribution in [0, 0.1) is 0 Å². The Morgan fingerprint density at radius 1 is 1.32 bits per heavy atom. The quantitative estimate of drug-likeness (QED) is 0.609. The van der Waals surface area contributed by atoms with E-state index in [1.165, 1.54) is 5.56 Å². The first kappa shape index (κ1) is 17.6. The Balaban J connectivity index is 1.39. The fourth-order valence-electron chi connectivity index (χ4n) is 2.54. The zero-order valence-corrected chi connectivity index (χ0v) is 14.9. The first-order valence-corrected chi connectivity index (χ1v) is 9.30. The van der Waals surface area contributed by atoms with Gasteiger partial charge < -0.3 is 9.64 Å². The molecule has 2 heterocycles. The second-order valence-corrected chi connectivity index (χ2v) is 6.61. The summed E-state index contributed by atoms with van der Waals surface area (Å²) in [7, 11) is 0. The van der Waals surface area contributed by atoms with Crippen molar-refractivity contribution in [3.8, 4) is 0 Å². The average molecular weight is 358 g/mol. The molecule has 0 atom stereocenters. The molecule has 1 aliphatic heterocycles. The Morgan fingerprint density at radius 3 is 2.92 bits per heavy atom. The molecule has 25 heavy (non-hydrogen) atoms. The Bertz CT molecular complexity index is 696. The van der Waals surface area contributed by atoms with E-state index in [9.17, 15) is 4.79 Å². The van der Waals surface area contributed by atoms with Gasteiger partial charge in [0.25, 0.3) is 0 Å². The third kappa shape index (κ3) is 5.65. The third-order valence-electron chi connectivity index (χ3n) is 3.85. The standard InChI is InChI=1S/C18H22N4O2S/c23-17(21-19-8-4-7-15-5-2-1-3-6-15)13-16-14-25-18(20-16)22-9-11-24-12-10-22/h1-3,5-6,8,14H,4,7,9-13H2,(H,21,23)/b19-8-. The number of benzene rings is 1. The van der Waals surface area contributed by atoms with E-state index in [0.29, 0.717) is 0 Å². The average Bonchev–Trinajstić information content (AvgIpc) is 3.11. The van der Waals surface area contributed by atoms with E-state index in [0.717, 1.165) is 50.0 Å². The molecule has 3 rings (SSSR count). The van der Waals surface area contributed by atoms with Crippen LogP contribution in [0.5, 0.6) is 0 Å². The molecule has 7 heteroatoms. The van der Waals surface area contributed by atoms with Gasteiger partial charge in [0.1, 0.15) is 0 Å². The second kappa shape index (κ2) is 9.29. The van der Waals surface area contributed by atoms with E-state index in [2.05, 4.69) is 32.5 Å². The van der Waals surface area contributed by atoms with E-state index in [4.69, 9.17) is 4.74 Å². The lowest BCUT2D eigenvalue weighted by molar-refractivity contribution is -0.120. The molecule has 1 amide bonds. The lowest BCUT2D eigenvalue weighted by atomic mass is 10.1. The molecule has 0 bridgehead atoms. The Kier molecular flexibility index (Phi) is 6.53. The molecule has 1 aliphatic rings. The van der Waals surface area contributed by atoms with Crippen LogP contribution in [0.4, 0.5) is 5.13 Å². The Morgan fingerprint density at radius 2 is 2.12 bits per heavy atom. The number of nitrogens with zero attached hydrogens (tertiary/aromatic N) is 3. The molecule has 1 fully saturated rings. The highest BCUT2D eigenvalue weighted by Gasteiger charge is 2.15. The lowest BCUT2D eigenvalue weighted by Crippen LogP contribution is -2.36.